The summed E-state index contributed by atoms with van der Waals surface area (Å²) in [6.45, 7) is 2.28. The fourth-order valence-corrected chi connectivity index (χ4v) is 3.23. The first-order valence-corrected chi connectivity index (χ1v) is 7.92. The molecule has 3 aromatic heterocycles. The first kappa shape index (κ1) is 13.9. The number of ether oxygens (including phenoxy) is 1. The van der Waals surface area contributed by atoms with Gasteiger partial charge in [-0.1, -0.05) is 29.5 Å². The molecule has 0 amide bonds. The molecule has 0 aliphatic carbocycles. The number of para-hydroxylation sites is 1. The average Bonchev–Trinajstić information content (AvgIpc) is 3.20. The Labute approximate surface area is 136 Å². The van der Waals surface area contributed by atoms with E-state index in [4.69, 9.17) is 4.74 Å². The second-order valence-corrected chi connectivity index (χ2v) is 6.07. The molecule has 0 aliphatic rings. The van der Waals surface area contributed by atoms with Crippen LogP contribution in [0.1, 0.15) is 11.5 Å². The zero-order valence-corrected chi connectivity index (χ0v) is 13.5. The van der Waals surface area contributed by atoms with Gasteiger partial charge < -0.3 is 4.74 Å². The summed E-state index contributed by atoms with van der Waals surface area (Å²) in [5, 5.41) is 18.1. The van der Waals surface area contributed by atoms with Crippen LogP contribution in [0, 0.1) is 6.92 Å². The van der Waals surface area contributed by atoms with Crippen molar-refractivity contribution in [1.29, 1.82) is 0 Å². The summed E-state index contributed by atoms with van der Waals surface area (Å²) in [7, 11) is 1.91. The Bertz CT molecular complexity index is 955. The average molecular weight is 326 g/mol. The molecule has 4 aromatic rings. The van der Waals surface area contributed by atoms with Crippen LogP contribution in [0.4, 0.5) is 0 Å². The van der Waals surface area contributed by atoms with Crippen LogP contribution in [0.15, 0.2) is 36.4 Å². The fourth-order valence-electron chi connectivity index (χ4n) is 2.33. The van der Waals surface area contributed by atoms with E-state index >= 15 is 0 Å². The minimum Gasteiger partial charge on any atom is -0.486 e. The monoisotopic (exact) mass is 326 g/mol. The third-order valence-corrected chi connectivity index (χ3v) is 4.31. The molecule has 0 unspecified atom stereocenters. The van der Waals surface area contributed by atoms with E-state index in [-0.39, 0.29) is 0 Å². The van der Waals surface area contributed by atoms with Gasteiger partial charge in [0.2, 0.25) is 4.96 Å². The minimum absolute atomic E-state index is 0.318. The number of fused-ring (bicyclic) bond motifs is 1. The number of hydrogen-bond donors (Lipinski definition) is 0. The minimum atomic E-state index is 0.318. The van der Waals surface area contributed by atoms with E-state index < -0.39 is 0 Å². The lowest BCUT2D eigenvalue weighted by Gasteiger charge is -2.02. The van der Waals surface area contributed by atoms with Gasteiger partial charge in [0.05, 0.1) is 11.4 Å². The summed E-state index contributed by atoms with van der Waals surface area (Å²) in [6, 6.07) is 11.6. The lowest BCUT2D eigenvalue weighted by molar-refractivity contribution is 0.293. The normalized spacial score (nSPS) is 11.2. The van der Waals surface area contributed by atoms with E-state index in [1.165, 1.54) is 11.3 Å². The fraction of sp³-hybridized carbons (Fsp3) is 0.200. The van der Waals surface area contributed by atoms with Gasteiger partial charge in [-0.15, -0.1) is 10.2 Å². The van der Waals surface area contributed by atoms with Gasteiger partial charge in [0.25, 0.3) is 0 Å². The van der Waals surface area contributed by atoms with Crippen molar-refractivity contribution in [3.05, 3.63) is 47.9 Å². The van der Waals surface area contributed by atoms with E-state index in [9.17, 15) is 0 Å². The van der Waals surface area contributed by atoms with E-state index in [0.29, 0.717) is 12.4 Å². The molecule has 0 aliphatic heterocycles. The van der Waals surface area contributed by atoms with Crippen LogP contribution in [0.3, 0.4) is 0 Å². The predicted octanol–water partition coefficient (Wildman–Crippen LogP) is 2.47. The zero-order chi connectivity index (χ0) is 15.8. The van der Waals surface area contributed by atoms with Gasteiger partial charge in [0.15, 0.2) is 10.8 Å². The summed E-state index contributed by atoms with van der Waals surface area (Å²) in [5.74, 6) is 1.47. The third-order valence-electron chi connectivity index (χ3n) is 3.39. The van der Waals surface area contributed by atoms with E-state index in [1.54, 1.807) is 4.52 Å². The van der Waals surface area contributed by atoms with Gasteiger partial charge in [0, 0.05) is 7.05 Å². The van der Waals surface area contributed by atoms with Gasteiger partial charge in [-0.3, -0.25) is 4.68 Å². The van der Waals surface area contributed by atoms with Crippen molar-refractivity contribution in [1.82, 2.24) is 29.6 Å². The summed E-state index contributed by atoms with van der Waals surface area (Å²) in [5.41, 5.74) is 1.93. The lowest BCUT2D eigenvalue weighted by atomic mass is 10.3. The Morgan fingerprint density at radius 2 is 1.96 bits per heavy atom. The first-order valence-electron chi connectivity index (χ1n) is 7.11. The van der Waals surface area contributed by atoms with Crippen LogP contribution in [-0.2, 0) is 13.7 Å². The molecule has 8 heteroatoms. The summed E-state index contributed by atoms with van der Waals surface area (Å²) in [6.07, 6.45) is 0. The van der Waals surface area contributed by atoms with Gasteiger partial charge in [-0.25, -0.2) is 0 Å². The van der Waals surface area contributed by atoms with Crippen molar-refractivity contribution in [2.24, 2.45) is 7.05 Å². The molecule has 4 rings (SSSR count). The second kappa shape index (κ2) is 5.47. The maximum absolute atomic E-state index is 5.73. The molecular weight excluding hydrogens is 312 g/mol. The largest absolute Gasteiger partial charge is 0.486 e. The highest BCUT2D eigenvalue weighted by Gasteiger charge is 2.16. The summed E-state index contributed by atoms with van der Waals surface area (Å²) >= 11 is 1.48. The van der Waals surface area contributed by atoms with Gasteiger partial charge >= 0.3 is 0 Å². The molecule has 0 radical (unpaired) electrons. The molecular formula is C15H14N6OS. The zero-order valence-electron chi connectivity index (χ0n) is 12.7. The Morgan fingerprint density at radius 1 is 1.13 bits per heavy atom. The van der Waals surface area contributed by atoms with Crippen molar-refractivity contribution in [2.75, 3.05) is 0 Å². The number of benzene rings is 1. The Kier molecular flexibility index (Phi) is 3.30. The second-order valence-electron chi connectivity index (χ2n) is 5.11. The van der Waals surface area contributed by atoms with Crippen molar-refractivity contribution >= 4 is 16.3 Å². The number of aromatic nitrogens is 6. The van der Waals surface area contributed by atoms with Crippen LogP contribution in [0.2, 0.25) is 0 Å². The number of nitrogens with zero attached hydrogens (tertiary/aromatic N) is 6. The number of rotatable bonds is 4. The highest BCUT2D eigenvalue weighted by Crippen LogP contribution is 2.25. The smallest absolute Gasteiger partial charge is 0.235 e. The van der Waals surface area contributed by atoms with Gasteiger partial charge in [0.1, 0.15) is 12.4 Å². The molecule has 0 atom stereocenters. The number of hydrogen-bond acceptors (Lipinski definition) is 6. The third kappa shape index (κ3) is 2.57. The highest BCUT2D eigenvalue weighted by molar-refractivity contribution is 7.19. The van der Waals surface area contributed by atoms with E-state index in [0.717, 1.165) is 27.1 Å². The molecule has 7 nitrogen and oxygen atoms in total. The van der Waals surface area contributed by atoms with E-state index in [1.807, 2.05) is 55.1 Å². The SMILES string of the molecule is Cc1cc(-c2nn3c(COc4ccccc4)nnc3s2)n(C)n1. The van der Waals surface area contributed by atoms with Crippen LogP contribution in [-0.4, -0.2) is 29.6 Å². The summed E-state index contributed by atoms with van der Waals surface area (Å²) in [4.78, 5) is 0.741. The molecule has 0 saturated heterocycles. The maximum atomic E-state index is 5.73. The lowest BCUT2D eigenvalue weighted by Crippen LogP contribution is -2.02. The highest BCUT2D eigenvalue weighted by atomic mass is 32.1. The Hall–Kier alpha value is -2.74. The van der Waals surface area contributed by atoms with Crippen molar-refractivity contribution in [3.8, 4) is 16.5 Å². The molecule has 0 saturated carbocycles. The Morgan fingerprint density at radius 3 is 2.70 bits per heavy atom. The van der Waals surface area contributed by atoms with Crippen LogP contribution in [0.25, 0.3) is 15.7 Å². The predicted molar refractivity (Wildman–Crippen MR) is 86.4 cm³/mol. The van der Waals surface area contributed by atoms with Crippen LogP contribution < -0.4 is 4.74 Å². The van der Waals surface area contributed by atoms with Crippen LogP contribution in [0.5, 0.6) is 5.75 Å². The molecule has 3 heterocycles. The molecule has 0 fully saturated rings. The summed E-state index contributed by atoms with van der Waals surface area (Å²) < 4.78 is 9.27. The molecule has 0 N–H and O–H groups in total. The maximum Gasteiger partial charge on any atom is 0.235 e. The van der Waals surface area contributed by atoms with Gasteiger partial charge in [-0.05, 0) is 25.1 Å². The topological polar surface area (TPSA) is 70.1 Å². The van der Waals surface area contributed by atoms with Crippen molar-refractivity contribution in [2.45, 2.75) is 13.5 Å². The molecule has 0 bridgehead atoms. The molecule has 1 aromatic carbocycles. The molecule has 0 spiro atoms. The standard InChI is InChI=1S/C15H14N6OS/c1-10-8-12(20(2)18-10)14-19-21-13(16-17-15(21)23-14)9-22-11-6-4-3-5-7-11/h3-8H,9H2,1-2H3. The first-order chi connectivity index (χ1) is 11.2. The molecule has 23 heavy (non-hydrogen) atoms. The van der Waals surface area contributed by atoms with Gasteiger partial charge in [-0.2, -0.15) is 14.7 Å². The molecule has 116 valence electrons. The number of aryl methyl sites for hydroxylation is 2. The van der Waals surface area contributed by atoms with Crippen molar-refractivity contribution < 1.29 is 4.74 Å². The quantitative estimate of drug-likeness (QED) is 0.576. The van der Waals surface area contributed by atoms with E-state index in [2.05, 4.69) is 20.4 Å². The van der Waals surface area contributed by atoms with Crippen LogP contribution >= 0.6 is 11.3 Å². The Balaban J connectivity index is 1.63. The van der Waals surface area contributed by atoms with Crippen molar-refractivity contribution in [3.63, 3.8) is 0 Å².